The number of aryl methyl sites for hydroxylation is 1. The summed E-state index contributed by atoms with van der Waals surface area (Å²) < 4.78 is 7.28. The minimum atomic E-state index is -0.252. The molecule has 0 spiro atoms. The van der Waals surface area contributed by atoms with Crippen LogP contribution in [0.3, 0.4) is 0 Å². The molecule has 2 aliphatic rings. The van der Waals surface area contributed by atoms with Gasteiger partial charge in [0, 0.05) is 25.2 Å². The topological polar surface area (TPSA) is 89.1 Å². The Morgan fingerprint density at radius 3 is 2.74 bits per heavy atom. The van der Waals surface area contributed by atoms with Crippen LogP contribution >= 0.6 is 11.8 Å². The van der Waals surface area contributed by atoms with E-state index in [1.54, 1.807) is 13.0 Å². The van der Waals surface area contributed by atoms with Crippen LogP contribution < -0.4 is 10.2 Å². The minimum Gasteiger partial charge on any atom is -0.360 e. The fraction of sp³-hybridized carbons (Fsp3) is 0.667. The Kier molecular flexibility index (Phi) is 5.38. The van der Waals surface area contributed by atoms with E-state index >= 15 is 0 Å². The summed E-state index contributed by atoms with van der Waals surface area (Å²) in [6.07, 6.45) is 6.72. The van der Waals surface area contributed by atoms with Crippen LogP contribution in [-0.2, 0) is 4.79 Å². The lowest BCUT2D eigenvalue weighted by molar-refractivity contribution is -0.115. The molecule has 27 heavy (non-hydrogen) atoms. The van der Waals surface area contributed by atoms with Crippen LogP contribution in [0, 0.1) is 6.92 Å². The molecule has 1 unspecified atom stereocenters. The molecule has 1 aliphatic heterocycles. The van der Waals surface area contributed by atoms with Crippen molar-refractivity contribution in [3.05, 3.63) is 11.8 Å². The lowest BCUT2D eigenvalue weighted by atomic mass is 10.1. The first-order valence-corrected chi connectivity index (χ1v) is 10.6. The van der Waals surface area contributed by atoms with Gasteiger partial charge in [0.15, 0.2) is 11.0 Å². The van der Waals surface area contributed by atoms with Gasteiger partial charge in [-0.25, -0.2) is 0 Å². The average molecular weight is 391 g/mol. The zero-order chi connectivity index (χ0) is 18.8. The van der Waals surface area contributed by atoms with Crippen LogP contribution in [0.25, 0.3) is 0 Å². The Bertz CT molecular complexity index is 794. The highest BCUT2D eigenvalue weighted by Crippen LogP contribution is 2.42. The standard InChI is InChI=1S/C18H26N6O2S/c1-3-14(16(25)19-15-11-12(2)26-22-15)27-18-21-20-17(24(18)13-7-8-13)23-9-5-4-6-10-23/h11,13-14H,3-10H2,1-2H3,(H,19,22,25). The molecular formula is C18H26N6O2S. The number of nitrogens with zero attached hydrogens (tertiary/aromatic N) is 5. The van der Waals surface area contributed by atoms with E-state index in [2.05, 4.69) is 30.1 Å². The third kappa shape index (κ3) is 4.12. The molecule has 4 rings (SSSR count). The van der Waals surface area contributed by atoms with E-state index in [9.17, 15) is 4.79 Å². The van der Waals surface area contributed by atoms with Gasteiger partial charge >= 0.3 is 0 Å². The molecule has 146 valence electrons. The van der Waals surface area contributed by atoms with E-state index in [0.29, 0.717) is 24.0 Å². The Morgan fingerprint density at radius 2 is 2.11 bits per heavy atom. The molecule has 1 aliphatic carbocycles. The van der Waals surface area contributed by atoms with Crippen molar-refractivity contribution in [1.82, 2.24) is 19.9 Å². The molecule has 2 fully saturated rings. The number of hydrogen-bond donors (Lipinski definition) is 1. The summed E-state index contributed by atoms with van der Waals surface area (Å²) in [5, 5.41) is 16.2. The molecule has 0 aromatic carbocycles. The molecule has 3 heterocycles. The third-order valence-electron chi connectivity index (χ3n) is 4.99. The van der Waals surface area contributed by atoms with Gasteiger partial charge in [-0.1, -0.05) is 23.8 Å². The molecule has 8 nitrogen and oxygen atoms in total. The highest BCUT2D eigenvalue weighted by Gasteiger charge is 2.33. The lowest BCUT2D eigenvalue weighted by Crippen LogP contribution is -2.32. The van der Waals surface area contributed by atoms with Crippen LogP contribution in [0.4, 0.5) is 11.8 Å². The molecule has 1 N–H and O–H groups in total. The van der Waals surface area contributed by atoms with Crippen molar-refractivity contribution in [2.45, 2.75) is 68.8 Å². The fourth-order valence-electron chi connectivity index (χ4n) is 3.39. The van der Waals surface area contributed by atoms with Crippen molar-refractivity contribution in [2.75, 3.05) is 23.3 Å². The van der Waals surface area contributed by atoms with Crippen LogP contribution in [-0.4, -0.2) is 44.2 Å². The summed E-state index contributed by atoms with van der Waals surface area (Å²) in [6.45, 7) is 5.89. The van der Waals surface area contributed by atoms with E-state index in [-0.39, 0.29) is 11.2 Å². The van der Waals surface area contributed by atoms with Gasteiger partial charge in [-0.15, -0.1) is 10.2 Å². The number of aromatic nitrogens is 4. The monoisotopic (exact) mass is 390 g/mol. The number of hydrogen-bond acceptors (Lipinski definition) is 7. The Balaban J connectivity index is 1.50. The zero-order valence-electron chi connectivity index (χ0n) is 15.8. The summed E-state index contributed by atoms with van der Waals surface area (Å²) in [5.41, 5.74) is 0. The number of rotatable bonds is 7. The molecule has 1 amide bonds. The number of thioether (sulfide) groups is 1. The summed E-state index contributed by atoms with van der Waals surface area (Å²) in [5.74, 6) is 2.02. The highest BCUT2D eigenvalue weighted by molar-refractivity contribution is 8.00. The number of amides is 1. The summed E-state index contributed by atoms with van der Waals surface area (Å²) >= 11 is 1.49. The maximum atomic E-state index is 12.7. The quantitative estimate of drug-likeness (QED) is 0.725. The van der Waals surface area contributed by atoms with Crippen molar-refractivity contribution in [3.63, 3.8) is 0 Å². The van der Waals surface area contributed by atoms with Crippen LogP contribution in [0.5, 0.6) is 0 Å². The SMILES string of the molecule is CCC(Sc1nnc(N2CCCCC2)n1C1CC1)C(=O)Nc1cc(C)on1. The molecule has 1 atom stereocenters. The van der Waals surface area contributed by atoms with Gasteiger partial charge in [0.2, 0.25) is 11.9 Å². The van der Waals surface area contributed by atoms with E-state index in [1.165, 1.54) is 31.0 Å². The molecule has 1 saturated carbocycles. The van der Waals surface area contributed by atoms with Gasteiger partial charge in [0.25, 0.3) is 0 Å². The number of anilines is 2. The largest absolute Gasteiger partial charge is 0.360 e. The molecule has 0 bridgehead atoms. The summed E-state index contributed by atoms with van der Waals surface area (Å²) in [7, 11) is 0. The Labute approximate surface area is 163 Å². The predicted molar refractivity (Wildman–Crippen MR) is 104 cm³/mol. The van der Waals surface area contributed by atoms with Crippen molar-refractivity contribution < 1.29 is 9.32 Å². The molecule has 2 aromatic heterocycles. The number of carbonyl (C=O) groups is 1. The predicted octanol–water partition coefficient (Wildman–Crippen LogP) is 3.41. The maximum absolute atomic E-state index is 12.7. The third-order valence-corrected chi connectivity index (χ3v) is 6.31. The lowest BCUT2D eigenvalue weighted by Gasteiger charge is -2.28. The van der Waals surface area contributed by atoms with Gasteiger partial charge in [0.05, 0.1) is 5.25 Å². The molecule has 0 radical (unpaired) electrons. The van der Waals surface area contributed by atoms with Gasteiger partial charge < -0.3 is 14.7 Å². The van der Waals surface area contributed by atoms with Gasteiger partial charge in [-0.3, -0.25) is 9.36 Å². The van der Waals surface area contributed by atoms with E-state index in [1.807, 2.05) is 6.92 Å². The summed E-state index contributed by atoms with van der Waals surface area (Å²) in [6, 6.07) is 2.19. The first-order chi connectivity index (χ1) is 13.2. The second-order valence-electron chi connectivity index (χ2n) is 7.26. The van der Waals surface area contributed by atoms with Gasteiger partial charge in [-0.2, -0.15) is 0 Å². The number of piperidine rings is 1. The smallest absolute Gasteiger partial charge is 0.239 e. The molecule has 2 aromatic rings. The Morgan fingerprint density at radius 1 is 1.33 bits per heavy atom. The van der Waals surface area contributed by atoms with Crippen molar-refractivity contribution in [3.8, 4) is 0 Å². The number of nitrogens with one attached hydrogen (secondary N) is 1. The van der Waals surface area contributed by atoms with Crippen LogP contribution in [0.2, 0.25) is 0 Å². The summed E-state index contributed by atoms with van der Waals surface area (Å²) in [4.78, 5) is 15.0. The minimum absolute atomic E-state index is 0.0827. The van der Waals surface area contributed by atoms with Crippen molar-refractivity contribution in [2.24, 2.45) is 0 Å². The zero-order valence-corrected chi connectivity index (χ0v) is 16.7. The highest BCUT2D eigenvalue weighted by atomic mass is 32.2. The van der Waals surface area contributed by atoms with Crippen molar-refractivity contribution in [1.29, 1.82) is 0 Å². The van der Waals surface area contributed by atoms with E-state index in [0.717, 1.165) is 37.0 Å². The first kappa shape index (κ1) is 18.3. The van der Waals surface area contributed by atoms with Crippen molar-refractivity contribution >= 4 is 29.4 Å². The Hall–Kier alpha value is -2.03. The molecule has 9 heteroatoms. The van der Waals surface area contributed by atoms with Crippen LogP contribution in [0.1, 0.15) is 57.3 Å². The maximum Gasteiger partial charge on any atom is 0.239 e. The first-order valence-electron chi connectivity index (χ1n) is 9.76. The van der Waals surface area contributed by atoms with Gasteiger partial charge in [-0.05, 0) is 45.4 Å². The normalized spacial score (nSPS) is 18.5. The fourth-order valence-corrected chi connectivity index (χ4v) is 4.41. The van der Waals surface area contributed by atoms with E-state index < -0.39 is 0 Å². The second-order valence-corrected chi connectivity index (χ2v) is 8.43. The number of carbonyl (C=O) groups excluding carboxylic acids is 1. The van der Waals surface area contributed by atoms with Crippen LogP contribution in [0.15, 0.2) is 15.7 Å². The molecular weight excluding hydrogens is 364 g/mol. The van der Waals surface area contributed by atoms with Gasteiger partial charge in [0.1, 0.15) is 5.76 Å². The average Bonchev–Trinajstić information content (AvgIpc) is 3.31. The van der Waals surface area contributed by atoms with E-state index in [4.69, 9.17) is 4.52 Å². The second kappa shape index (κ2) is 7.92. The molecule has 1 saturated heterocycles.